The van der Waals surface area contributed by atoms with Crippen LogP contribution in [0, 0.1) is 0 Å². The molecule has 1 amide bonds. The Hall–Kier alpha value is -2.27. The zero-order valence-electron chi connectivity index (χ0n) is 14.8. The van der Waals surface area contributed by atoms with E-state index in [-0.39, 0.29) is 11.9 Å². The van der Waals surface area contributed by atoms with E-state index in [1.807, 2.05) is 29.2 Å². The first-order valence-corrected chi connectivity index (χ1v) is 9.32. The molecule has 4 nitrogen and oxygen atoms in total. The molecule has 5 heteroatoms. The smallest absolute Gasteiger partial charge is 0.247 e. The van der Waals surface area contributed by atoms with Crippen molar-refractivity contribution in [2.75, 3.05) is 20.8 Å². The Morgan fingerprint density at radius 2 is 2.08 bits per heavy atom. The van der Waals surface area contributed by atoms with Crippen molar-refractivity contribution in [3.05, 3.63) is 51.7 Å². The predicted molar refractivity (Wildman–Crippen MR) is 101 cm³/mol. The summed E-state index contributed by atoms with van der Waals surface area (Å²) in [6.45, 7) is 2.91. The molecule has 25 heavy (non-hydrogen) atoms. The molecule has 0 aliphatic carbocycles. The average molecular weight is 357 g/mol. The molecule has 132 valence electrons. The quantitative estimate of drug-likeness (QED) is 0.748. The van der Waals surface area contributed by atoms with Gasteiger partial charge < -0.3 is 14.4 Å². The second-order valence-electron chi connectivity index (χ2n) is 5.95. The first-order valence-electron chi connectivity index (χ1n) is 8.45. The molecule has 2 heterocycles. The standard InChI is InChI=1S/C20H23NO3S/c1-4-16-15-10-12-25-19(15)9-11-21(16)20(22)8-6-14-5-7-17(23-2)18(13-14)24-3/h5-8,10,12-13,16H,4,9,11H2,1-3H3/b8-6+. The van der Waals surface area contributed by atoms with Crippen molar-refractivity contribution in [3.8, 4) is 11.5 Å². The lowest BCUT2D eigenvalue weighted by Crippen LogP contribution is -2.38. The summed E-state index contributed by atoms with van der Waals surface area (Å²) in [5.41, 5.74) is 2.22. The molecule has 0 fully saturated rings. The van der Waals surface area contributed by atoms with E-state index in [1.54, 1.807) is 31.6 Å². The fourth-order valence-electron chi connectivity index (χ4n) is 3.32. The largest absolute Gasteiger partial charge is 0.493 e. The molecule has 0 saturated carbocycles. The zero-order chi connectivity index (χ0) is 17.8. The second-order valence-corrected chi connectivity index (χ2v) is 6.95. The highest BCUT2D eigenvalue weighted by Crippen LogP contribution is 2.35. The van der Waals surface area contributed by atoms with E-state index in [9.17, 15) is 4.79 Å². The van der Waals surface area contributed by atoms with Gasteiger partial charge >= 0.3 is 0 Å². The maximum Gasteiger partial charge on any atom is 0.247 e. The number of carbonyl (C=O) groups excluding carboxylic acids is 1. The Labute approximate surface area is 152 Å². The monoisotopic (exact) mass is 357 g/mol. The summed E-state index contributed by atoms with van der Waals surface area (Å²) in [6, 6.07) is 7.96. The molecular formula is C20H23NO3S. The van der Waals surface area contributed by atoms with Gasteiger partial charge in [-0.25, -0.2) is 0 Å². The van der Waals surface area contributed by atoms with Crippen LogP contribution in [0.25, 0.3) is 6.08 Å². The van der Waals surface area contributed by atoms with E-state index in [2.05, 4.69) is 18.4 Å². The minimum atomic E-state index is 0.0542. The molecule has 0 saturated heterocycles. The third kappa shape index (κ3) is 3.56. The fraction of sp³-hybridized carbons (Fsp3) is 0.350. The van der Waals surface area contributed by atoms with Crippen LogP contribution >= 0.6 is 11.3 Å². The van der Waals surface area contributed by atoms with E-state index in [0.717, 1.165) is 24.9 Å². The number of rotatable bonds is 5. The van der Waals surface area contributed by atoms with E-state index < -0.39 is 0 Å². The van der Waals surface area contributed by atoms with Gasteiger partial charge in [-0.15, -0.1) is 11.3 Å². The maximum absolute atomic E-state index is 12.7. The van der Waals surface area contributed by atoms with Gasteiger partial charge in [0.2, 0.25) is 5.91 Å². The molecule has 1 aliphatic heterocycles. The Bertz CT molecular complexity index is 781. The van der Waals surface area contributed by atoms with Crippen molar-refractivity contribution in [3.63, 3.8) is 0 Å². The minimum absolute atomic E-state index is 0.0542. The predicted octanol–water partition coefficient (Wildman–Crippen LogP) is 4.31. The van der Waals surface area contributed by atoms with Crippen molar-refractivity contribution in [2.45, 2.75) is 25.8 Å². The van der Waals surface area contributed by atoms with Gasteiger partial charge in [0, 0.05) is 17.5 Å². The Morgan fingerprint density at radius 3 is 2.80 bits per heavy atom. The van der Waals surface area contributed by atoms with Gasteiger partial charge in [-0.05, 0) is 53.6 Å². The fourth-order valence-corrected chi connectivity index (χ4v) is 4.25. The summed E-state index contributed by atoms with van der Waals surface area (Å²) >= 11 is 1.79. The zero-order valence-corrected chi connectivity index (χ0v) is 15.6. The number of hydrogen-bond donors (Lipinski definition) is 0. The van der Waals surface area contributed by atoms with Crippen LogP contribution in [0.5, 0.6) is 11.5 Å². The summed E-state index contributed by atoms with van der Waals surface area (Å²) < 4.78 is 10.6. The molecule has 2 aromatic rings. The summed E-state index contributed by atoms with van der Waals surface area (Å²) in [7, 11) is 3.21. The van der Waals surface area contributed by atoms with E-state index >= 15 is 0 Å². The lowest BCUT2D eigenvalue weighted by Gasteiger charge is -2.34. The number of benzene rings is 1. The number of thiophene rings is 1. The first-order chi connectivity index (χ1) is 12.2. The van der Waals surface area contributed by atoms with Gasteiger partial charge in [-0.2, -0.15) is 0 Å². The molecular weight excluding hydrogens is 334 g/mol. The number of amides is 1. The van der Waals surface area contributed by atoms with Crippen molar-refractivity contribution in [2.24, 2.45) is 0 Å². The lowest BCUT2D eigenvalue weighted by atomic mass is 9.97. The van der Waals surface area contributed by atoms with Crippen LogP contribution in [-0.4, -0.2) is 31.6 Å². The van der Waals surface area contributed by atoms with Crippen molar-refractivity contribution in [1.82, 2.24) is 4.90 Å². The van der Waals surface area contributed by atoms with Crippen molar-refractivity contribution in [1.29, 1.82) is 0 Å². The molecule has 0 N–H and O–H groups in total. The normalized spacial score (nSPS) is 16.8. The van der Waals surface area contributed by atoms with E-state index in [0.29, 0.717) is 11.5 Å². The van der Waals surface area contributed by atoms with E-state index in [1.165, 1.54) is 10.4 Å². The summed E-state index contributed by atoms with van der Waals surface area (Å²) in [4.78, 5) is 16.1. The molecule has 0 radical (unpaired) electrons. The van der Waals surface area contributed by atoms with Crippen LogP contribution in [0.1, 0.15) is 35.4 Å². The first kappa shape index (κ1) is 17.5. The third-order valence-electron chi connectivity index (χ3n) is 4.59. The summed E-state index contributed by atoms with van der Waals surface area (Å²) in [6.07, 6.45) is 5.36. The summed E-state index contributed by atoms with van der Waals surface area (Å²) in [5, 5.41) is 2.13. The van der Waals surface area contributed by atoms with Gasteiger partial charge in [-0.1, -0.05) is 13.0 Å². The summed E-state index contributed by atoms with van der Waals surface area (Å²) in [5.74, 6) is 1.39. The van der Waals surface area contributed by atoms with E-state index in [4.69, 9.17) is 9.47 Å². The van der Waals surface area contributed by atoms with Crippen LogP contribution in [0.3, 0.4) is 0 Å². The highest BCUT2D eigenvalue weighted by atomic mass is 32.1. The maximum atomic E-state index is 12.7. The molecule has 1 aromatic heterocycles. The molecule has 1 unspecified atom stereocenters. The van der Waals surface area contributed by atoms with Gasteiger partial charge in [0.05, 0.1) is 20.3 Å². The topological polar surface area (TPSA) is 38.8 Å². The van der Waals surface area contributed by atoms with Crippen LogP contribution < -0.4 is 9.47 Å². The number of hydrogen-bond acceptors (Lipinski definition) is 4. The van der Waals surface area contributed by atoms with Crippen molar-refractivity contribution < 1.29 is 14.3 Å². The van der Waals surface area contributed by atoms with Crippen LogP contribution in [0.2, 0.25) is 0 Å². The molecule has 0 spiro atoms. The van der Waals surface area contributed by atoms with Crippen LogP contribution in [-0.2, 0) is 11.2 Å². The lowest BCUT2D eigenvalue weighted by molar-refractivity contribution is -0.128. The number of carbonyl (C=O) groups is 1. The van der Waals surface area contributed by atoms with Gasteiger partial charge in [0.1, 0.15) is 0 Å². The van der Waals surface area contributed by atoms with Gasteiger partial charge in [0.25, 0.3) is 0 Å². The van der Waals surface area contributed by atoms with Crippen molar-refractivity contribution >= 4 is 23.3 Å². The second kappa shape index (κ2) is 7.74. The molecule has 1 aliphatic rings. The Kier molecular flexibility index (Phi) is 5.43. The third-order valence-corrected chi connectivity index (χ3v) is 5.59. The van der Waals surface area contributed by atoms with Crippen LogP contribution in [0.15, 0.2) is 35.7 Å². The van der Waals surface area contributed by atoms with Gasteiger partial charge in [-0.3, -0.25) is 4.79 Å². The van der Waals surface area contributed by atoms with Gasteiger partial charge in [0.15, 0.2) is 11.5 Å². The molecule has 3 rings (SSSR count). The van der Waals surface area contributed by atoms with Crippen LogP contribution in [0.4, 0.5) is 0 Å². The highest BCUT2D eigenvalue weighted by molar-refractivity contribution is 7.10. The average Bonchev–Trinajstić information content (AvgIpc) is 3.13. The number of ether oxygens (including phenoxy) is 2. The molecule has 0 bridgehead atoms. The Morgan fingerprint density at radius 1 is 1.28 bits per heavy atom. The highest BCUT2D eigenvalue weighted by Gasteiger charge is 2.29. The minimum Gasteiger partial charge on any atom is -0.493 e. The SMILES string of the molecule is CCC1c2ccsc2CCN1C(=O)/C=C/c1ccc(OC)c(OC)c1. The molecule has 1 atom stereocenters. The molecule has 1 aromatic carbocycles. The Balaban J connectivity index is 1.77. The number of nitrogens with zero attached hydrogens (tertiary/aromatic N) is 1. The number of methoxy groups -OCH3 is 2. The number of fused-ring (bicyclic) bond motifs is 1.